The standard InChI is InChI=1S/C14H22N6O/c1-4-15-13-11-7-16-19(3)14(11)18-12(17-13)8-20-5-6-21-9-10(20)2/h7,10H,4-6,8-9H2,1-3H3,(H,15,17,18). The van der Waals surface area contributed by atoms with Gasteiger partial charge in [0.05, 0.1) is 31.3 Å². The number of nitrogens with zero attached hydrogens (tertiary/aromatic N) is 5. The van der Waals surface area contributed by atoms with Crippen LogP contribution in [0.5, 0.6) is 0 Å². The van der Waals surface area contributed by atoms with Gasteiger partial charge in [0, 0.05) is 26.2 Å². The minimum atomic E-state index is 0.396. The average Bonchev–Trinajstić information content (AvgIpc) is 2.84. The van der Waals surface area contributed by atoms with Crippen LogP contribution in [0.15, 0.2) is 6.20 Å². The average molecular weight is 290 g/mol. The number of aromatic nitrogens is 4. The molecule has 1 aliphatic heterocycles. The summed E-state index contributed by atoms with van der Waals surface area (Å²) in [5.74, 6) is 1.70. The van der Waals surface area contributed by atoms with Gasteiger partial charge in [0.2, 0.25) is 0 Å². The molecule has 114 valence electrons. The van der Waals surface area contributed by atoms with E-state index >= 15 is 0 Å². The minimum Gasteiger partial charge on any atom is -0.379 e. The Bertz CT molecular complexity index is 625. The van der Waals surface area contributed by atoms with E-state index in [9.17, 15) is 0 Å². The van der Waals surface area contributed by atoms with Gasteiger partial charge in [-0.25, -0.2) is 9.97 Å². The molecule has 1 aliphatic rings. The van der Waals surface area contributed by atoms with Crippen molar-refractivity contribution in [3.05, 3.63) is 12.0 Å². The van der Waals surface area contributed by atoms with E-state index in [1.54, 1.807) is 4.68 Å². The fourth-order valence-corrected chi connectivity index (χ4v) is 2.62. The molecule has 2 aromatic heterocycles. The van der Waals surface area contributed by atoms with Crippen molar-refractivity contribution in [1.29, 1.82) is 0 Å². The van der Waals surface area contributed by atoms with Crippen LogP contribution >= 0.6 is 0 Å². The van der Waals surface area contributed by atoms with Gasteiger partial charge in [0.25, 0.3) is 0 Å². The molecule has 0 radical (unpaired) electrons. The summed E-state index contributed by atoms with van der Waals surface area (Å²) in [6.07, 6.45) is 1.81. The first kappa shape index (κ1) is 14.2. The Morgan fingerprint density at radius 3 is 3.05 bits per heavy atom. The number of hydrogen-bond acceptors (Lipinski definition) is 6. The Morgan fingerprint density at radius 1 is 1.43 bits per heavy atom. The van der Waals surface area contributed by atoms with Crippen molar-refractivity contribution in [2.75, 3.05) is 31.6 Å². The first-order valence-corrected chi connectivity index (χ1v) is 7.43. The number of morpholine rings is 1. The molecule has 1 fully saturated rings. The molecule has 1 N–H and O–H groups in total. The van der Waals surface area contributed by atoms with Crippen LogP contribution in [-0.2, 0) is 18.3 Å². The third-order valence-corrected chi connectivity index (χ3v) is 3.83. The molecule has 1 unspecified atom stereocenters. The molecule has 21 heavy (non-hydrogen) atoms. The van der Waals surface area contributed by atoms with E-state index in [4.69, 9.17) is 4.74 Å². The highest BCUT2D eigenvalue weighted by Crippen LogP contribution is 2.20. The van der Waals surface area contributed by atoms with Crippen LogP contribution in [0.3, 0.4) is 0 Å². The van der Waals surface area contributed by atoms with Crippen LogP contribution in [0, 0.1) is 0 Å². The lowest BCUT2D eigenvalue weighted by Gasteiger charge is -2.32. The second kappa shape index (κ2) is 5.95. The predicted molar refractivity (Wildman–Crippen MR) is 81.2 cm³/mol. The fraction of sp³-hybridized carbons (Fsp3) is 0.643. The van der Waals surface area contributed by atoms with E-state index < -0.39 is 0 Å². The molecule has 0 bridgehead atoms. The van der Waals surface area contributed by atoms with Crippen molar-refractivity contribution < 1.29 is 4.74 Å². The quantitative estimate of drug-likeness (QED) is 0.906. The summed E-state index contributed by atoms with van der Waals surface area (Å²) in [6, 6.07) is 0.396. The van der Waals surface area contributed by atoms with E-state index in [-0.39, 0.29) is 0 Å². The van der Waals surface area contributed by atoms with E-state index in [1.807, 2.05) is 13.2 Å². The molecule has 2 aromatic rings. The van der Waals surface area contributed by atoms with Crippen LogP contribution in [-0.4, -0.2) is 57.0 Å². The molecule has 7 nitrogen and oxygen atoms in total. The monoisotopic (exact) mass is 290 g/mol. The molecule has 1 saturated heterocycles. The fourth-order valence-electron chi connectivity index (χ4n) is 2.62. The lowest BCUT2D eigenvalue weighted by Crippen LogP contribution is -2.43. The zero-order chi connectivity index (χ0) is 14.8. The van der Waals surface area contributed by atoms with Gasteiger partial charge >= 0.3 is 0 Å². The number of fused-ring (bicyclic) bond motifs is 1. The van der Waals surface area contributed by atoms with Crippen LogP contribution in [0.1, 0.15) is 19.7 Å². The van der Waals surface area contributed by atoms with Crippen LogP contribution in [0.4, 0.5) is 5.82 Å². The van der Waals surface area contributed by atoms with Crippen molar-refractivity contribution >= 4 is 16.9 Å². The maximum atomic E-state index is 5.48. The molecule has 3 heterocycles. The van der Waals surface area contributed by atoms with Crippen LogP contribution in [0.25, 0.3) is 11.0 Å². The van der Waals surface area contributed by atoms with Crippen LogP contribution < -0.4 is 5.32 Å². The number of hydrogen-bond donors (Lipinski definition) is 1. The SMILES string of the molecule is CCNc1nc(CN2CCOCC2C)nc2c1cnn2C. The largest absolute Gasteiger partial charge is 0.379 e. The zero-order valence-electron chi connectivity index (χ0n) is 12.8. The number of ether oxygens (including phenoxy) is 1. The summed E-state index contributed by atoms with van der Waals surface area (Å²) in [4.78, 5) is 11.7. The van der Waals surface area contributed by atoms with Gasteiger partial charge < -0.3 is 10.1 Å². The summed E-state index contributed by atoms with van der Waals surface area (Å²) in [5, 5.41) is 8.56. The van der Waals surface area contributed by atoms with Crippen molar-refractivity contribution in [2.24, 2.45) is 7.05 Å². The van der Waals surface area contributed by atoms with Gasteiger partial charge in [-0.2, -0.15) is 5.10 Å². The maximum absolute atomic E-state index is 5.48. The summed E-state index contributed by atoms with van der Waals surface area (Å²) < 4.78 is 7.28. The molecular weight excluding hydrogens is 268 g/mol. The van der Waals surface area contributed by atoms with Gasteiger partial charge in [0.1, 0.15) is 11.6 Å². The molecule has 0 amide bonds. The Hall–Kier alpha value is -1.73. The Labute approximate surface area is 124 Å². The van der Waals surface area contributed by atoms with E-state index in [2.05, 4.69) is 39.1 Å². The Balaban J connectivity index is 1.92. The molecule has 0 aliphatic carbocycles. The predicted octanol–water partition coefficient (Wildman–Crippen LogP) is 1.02. The molecule has 0 saturated carbocycles. The minimum absolute atomic E-state index is 0.396. The van der Waals surface area contributed by atoms with Gasteiger partial charge in [-0.05, 0) is 13.8 Å². The summed E-state index contributed by atoms with van der Waals surface area (Å²) >= 11 is 0. The van der Waals surface area contributed by atoms with Crippen molar-refractivity contribution in [3.8, 4) is 0 Å². The summed E-state index contributed by atoms with van der Waals surface area (Å²) in [7, 11) is 1.91. The molecule has 1 atom stereocenters. The lowest BCUT2D eigenvalue weighted by molar-refractivity contribution is -0.00544. The summed E-state index contributed by atoms with van der Waals surface area (Å²) in [5.41, 5.74) is 0.872. The highest BCUT2D eigenvalue weighted by atomic mass is 16.5. The van der Waals surface area contributed by atoms with Gasteiger partial charge in [-0.3, -0.25) is 9.58 Å². The molecular formula is C14H22N6O. The topological polar surface area (TPSA) is 68.1 Å². The summed E-state index contributed by atoms with van der Waals surface area (Å²) in [6.45, 7) is 8.27. The second-order valence-electron chi connectivity index (χ2n) is 5.42. The Morgan fingerprint density at radius 2 is 2.29 bits per heavy atom. The van der Waals surface area contributed by atoms with Gasteiger partial charge in [-0.15, -0.1) is 0 Å². The van der Waals surface area contributed by atoms with Crippen molar-refractivity contribution in [1.82, 2.24) is 24.6 Å². The normalized spacial score (nSPS) is 20.0. The molecule has 3 rings (SSSR count). The van der Waals surface area contributed by atoms with Gasteiger partial charge in [-0.1, -0.05) is 0 Å². The second-order valence-corrected chi connectivity index (χ2v) is 5.42. The zero-order valence-corrected chi connectivity index (χ0v) is 12.8. The number of rotatable bonds is 4. The van der Waals surface area contributed by atoms with Crippen LogP contribution in [0.2, 0.25) is 0 Å². The number of nitrogens with one attached hydrogen (secondary N) is 1. The Kier molecular flexibility index (Phi) is 4.03. The van der Waals surface area contributed by atoms with Crippen molar-refractivity contribution in [2.45, 2.75) is 26.4 Å². The molecule has 7 heteroatoms. The van der Waals surface area contributed by atoms with Gasteiger partial charge in [0.15, 0.2) is 5.65 Å². The molecule has 0 spiro atoms. The lowest BCUT2D eigenvalue weighted by atomic mass is 10.2. The highest BCUT2D eigenvalue weighted by Gasteiger charge is 2.21. The first-order chi connectivity index (χ1) is 10.2. The first-order valence-electron chi connectivity index (χ1n) is 7.43. The highest BCUT2D eigenvalue weighted by molar-refractivity contribution is 5.86. The maximum Gasteiger partial charge on any atom is 0.163 e. The smallest absolute Gasteiger partial charge is 0.163 e. The molecule has 0 aromatic carbocycles. The number of anilines is 1. The van der Waals surface area contributed by atoms with Crippen molar-refractivity contribution in [3.63, 3.8) is 0 Å². The third-order valence-electron chi connectivity index (χ3n) is 3.83. The number of aryl methyl sites for hydroxylation is 1. The van der Waals surface area contributed by atoms with E-state index in [0.29, 0.717) is 6.04 Å². The van der Waals surface area contributed by atoms with E-state index in [0.717, 1.165) is 55.5 Å². The van der Waals surface area contributed by atoms with E-state index in [1.165, 1.54) is 0 Å². The third kappa shape index (κ3) is 2.84.